The van der Waals surface area contributed by atoms with Gasteiger partial charge in [-0.1, -0.05) is 0 Å². The minimum absolute atomic E-state index is 0.0845. The molecule has 1 atom stereocenters. The number of benzene rings is 1. The van der Waals surface area contributed by atoms with E-state index in [9.17, 15) is 28.0 Å². The second-order valence-corrected chi connectivity index (χ2v) is 5.06. The van der Waals surface area contributed by atoms with E-state index in [0.717, 1.165) is 36.7 Å². The lowest BCUT2D eigenvalue weighted by molar-refractivity contribution is -0.605. The maximum atomic E-state index is 12.5. The smallest absolute Gasteiger partial charge is 0.416 e. The first-order valence-electron chi connectivity index (χ1n) is 7.05. The van der Waals surface area contributed by atoms with Gasteiger partial charge in [0.15, 0.2) is 18.5 Å². The monoisotopic (exact) mass is 354 g/mol. The van der Waals surface area contributed by atoms with Gasteiger partial charge < -0.3 is 15.3 Å². The Bertz CT molecular complexity index is 758. The summed E-state index contributed by atoms with van der Waals surface area (Å²) in [5.41, 5.74) is -0.626. The van der Waals surface area contributed by atoms with E-state index < -0.39 is 29.7 Å². The number of anilines is 1. The van der Waals surface area contributed by atoms with Crippen molar-refractivity contribution in [3.05, 3.63) is 65.1 Å². The van der Waals surface area contributed by atoms with Gasteiger partial charge >= 0.3 is 12.1 Å². The maximum Gasteiger partial charge on any atom is 0.416 e. The molecule has 0 saturated carbocycles. The van der Waals surface area contributed by atoms with Crippen LogP contribution < -0.4 is 10.0 Å². The van der Waals surface area contributed by atoms with Gasteiger partial charge in [-0.2, -0.15) is 17.9 Å². The van der Waals surface area contributed by atoms with Crippen molar-refractivity contribution in [3.63, 3.8) is 0 Å². The lowest BCUT2D eigenvalue weighted by atomic mass is 10.2. The zero-order valence-electron chi connectivity index (χ0n) is 12.9. The van der Waals surface area contributed by atoms with Gasteiger partial charge in [-0.15, -0.1) is 0 Å². The molecule has 25 heavy (non-hydrogen) atoms. The number of alkyl halides is 3. The number of pyridine rings is 1. The Balaban J connectivity index is 1.95. The second-order valence-electron chi connectivity index (χ2n) is 5.06. The van der Waals surface area contributed by atoms with Gasteiger partial charge in [0.1, 0.15) is 0 Å². The number of aromatic nitrogens is 1. The number of carbonyl (C=O) groups excluding carboxylic acids is 2. The average Bonchev–Trinajstić information content (AvgIpc) is 2.55. The van der Waals surface area contributed by atoms with Gasteiger partial charge in [0, 0.05) is 17.8 Å². The second kappa shape index (κ2) is 7.20. The summed E-state index contributed by atoms with van der Waals surface area (Å²) in [5, 5.41) is 13.2. The molecule has 2 aromatic rings. The summed E-state index contributed by atoms with van der Waals surface area (Å²) in [5.74, 6) is -1.52. The van der Waals surface area contributed by atoms with Crippen molar-refractivity contribution >= 4 is 17.6 Å². The summed E-state index contributed by atoms with van der Waals surface area (Å²) in [7, 11) is 0. The number of hydrogen-bond donors (Lipinski definition) is 1. The third-order valence-corrected chi connectivity index (χ3v) is 3.17. The molecule has 0 radical (unpaired) electrons. The summed E-state index contributed by atoms with van der Waals surface area (Å²) < 4.78 is 42.9. The number of nitrogens with zero attached hydrogens (tertiary/aromatic N) is 1. The van der Waals surface area contributed by atoms with Crippen molar-refractivity contribution in [2.75, 3.05) is 5.32 Å². The summed E-state index contributed by atoms with van der Waals surface area (Å²) >= 11 is 0. The number of esters is 1. The van der Waals surface area contributed by atoms with E-state index in [4.69, 9.17) is 4.74 Å². The molecule has 0 aliphatic rings. The molecule has 0 bridgehead atoms. The first-order chi connectivity index (χ1) is 11.7. The van der Waals surface area contributed by atoms with Crippen molar-refractivity contribution in [3.8, 4) is 0 Å². The molecule has 9 heteroatoms. The molecule has 132 valence electrons. The summed E-state index contributed by atoms with van der Waals surface area (Å²) in [6, 6.07) is 6.31. The number of ether oxygens (including phenoxy) is 1. The molecule has 1 heterocycles. The van der Waals surface area contributed by atoms with Crippen LogP contribution in [0.1, 0.15) is 22.8 Å². The van der Waals surface area contributed by atoms with Crippen LogP contribution in [0.25, 0.3) is 0 Å². The van der Waals surface area contributed by atoms with E-state index in [1.807, 2.05) is 0 Å². The highest BCUT2D eigenvalue weighted by molar-refractivity contribution is 5.97. The lowest BCUT2D eigenvalue weighted by Gasteiger charge is -2.14. The first-order valence-corrected chi connectivity index (χ1v) is 7.05. The molecular formula is C16H13F3N2O4. The van der Waals surface area contributed by atoms with E-state index in [2.05, 4.69) is 5.32 Å². The Kier molecular flexibility index (Phi) is 5.26. The fraction of sp³-hybridized carbons (Fsp3) is 0.188. The molecule has 0 spiro atoms. The molecule has 0 aliphatic heterocycles. The molecule has 0 unspecified atom stereocenters. The molecule has 1 aromatic heterocycles. The third kappa shape index (κ3) is 4.93. The van der Waals surface area contributed by atoms with Crippen molar-refractivity contribution in [2.45, 2.75) is 19.2 Å². The van der Waals surface area contributed by atoms with Crippen LogP contribution in [0.3, 0.4) is 0 Å². The van der Waals surface area contributed by atoms with Gasteiger partial charge in [-0.3, -0.25) is 4.79 Å². The van der Waals surface area contributed by atoms with Crippen LogP contribution in [0.2, 0.25) is 0 Å². The Morgan fingerprint density at radius 2 is 1.68 bits per heavy atom. The maximum absolute atomic E-state index is 12.5. The molecular weight excluding hydrogens is 341 g/mol. The summed E-state index contributed by atoms with van der Waals surface area (Å²) in [6.45, 7) is 1.31. The van der Waals surface area contributed by atoms with E-state index in [0.29, 0.717) is 4.73 Å². The Morgan fingerprint density at radius 3 is 2.20 bits per heavy atom. The molecule has 2 rings (SSSR count). The molecule has 6 nitrogen and oxygen atoms in total. The van der Waals surface area contributed by atoms with Crippen molar-refractivity contribution < 1.29 is 32.2 Å². The number of hydrogen-bond acceptors (Lipinski definition) is 4. The van der Waals surface area contributed by atoms with E-state index in [-0.39, 0.29) is 11.3 Å². The number of nitrogens with one attached hydrogen (secondary N) is 1. The Hall–Kier alpha value is -3.10. The molecule has 1 N–H and O–H groups in total. The summed E-state index contributed by atoms with van der Waals surface area (Å²) in [6.07, 6.45) is -3.45. The predicted octanol–water partition coefficient (Wildman–Crippen LogP) is 2.52. The normalized spacial score (nSPS) is 12.3. The van der Waals surface area contributed by atoms with Crippen molar-refractivity contribution in [1.29, 1.82) is 0 Å². The highest BCUT2D eigenvalue weighted by atomic mass is 19.4. The lowest BCUT2D eigenvalue weighted by Crippen LogP contribution is -2.30. The van der Waals surface area contributed by atoms with Gasteiger partial charge in [0.25, 0.3) is 5.91 Å². The molecule has 0 fully saturated rings. The average molecular weight is 354 g/mol. The van der Waals surface area contributed by atoms with Crippen LogP contribution in [0.4, 0.5) is 18.9 Å². The third-order valence-electron chi connectivity index (χ3n) is 3.17. The van der Waals surface area contributed by atoms with Crippen LogP contribution in [0.5, 0.6) is 0 Å². The minimum atomic E-state index is -4.47. The zero-order valence-corrected chi connectivity index (χ0v) is 12.9. The fourth-order valence-electron chi connectivity index (χ4n) is 1.82. The first kappa shape index (κ1) is 18.2. The standard InChI is InChI=1S/C16H13F3N2O4/c1-10(25-15(23)11-6-8-21(24)9-7-11)14(22)20-13-4-2-12(3-5-13)16(17,18)19/h2-10H,1H3,(H,20,22)/t10-/m1/s1. The number of halogens is 3. The summed E-state index contributed by atoms with van der Waals surface area (Å²) in [4.78, 5) is 23.8. The Labute approximate surface area is 140 Å². The van der Waals surface area contributed by atoms with Crippen LogP contribution in [0, 0.1) is 5.21 Å². The minimum Gasteiger partial charge on any atom is -0.619 e. The zero-order chi connectivity index (χ0) is 18.6. The van der Waals surface area contributed by atoms with Crippen molar-refractivity contribution in [2.24, 2.45) is 0 Å². The molecule has 1 amide bonds. The van der Waals surface area contributed by atoms with E-state index in [1.165, 1.54) is 19.1 Å². The van der Waals surface area contributed by atoms with Gasteiger partial charge in [0.2, 0.25) is 0 Å². The predicted molar refractivity (Wildman–Crippen MR) is 80.4 cm³/mol. The number of amides is 1. The SMILES string of the molecule is C[C@@H](OC(=O)c1cc[n+]([O-])cc1)C(=O)Nc1ccc(C(F)(F)F)cc1. The fourth-order valence-corrected chi connectivity index (χ4v) is 1.82. The van der Waals surface area contributed by atoms with Gasteiger partial charge in [0.05, 0.1) is 11.1 Å². The van der Waals surface area contributed by atoms with E-state index >= 15 is 0 Å². The largest absolute Gasteiger partial charge is 0.619 e. The quantitative estimate of drug-likeness (QED) is 0.520. The topological polar surface area (TPSA) is 82.3 Å². The van der Waals surface area contributed by atoms with Crippen LogP contribution >= 0.6 is 0 Å². The highest BCUT2D eigenvalue weighted by Gasteiger charge is 2.30. The van der Waals surface area contributed by atoms with Crippen LogP contribution in [-0.2, 0) is 15.7 Å². The molecule has 1 aromatic carbocycles. The van der Waals surface area contributed by atoms with Crippen molar-refractivity contribution in [1.82, 2.24) is 0 Å². The van der Waals surface area contributed by atoms with E-state index in [1.54, 1.807) is 0 Å². The van der Waals surface area contributed by atoms with Crippen LogP contribution in [0.15, 0.2) is 48.8 Å². The number of carbonyl (C=O) groups is 2. The highest BCUT2D eigenvalue weighted by Crippen LogP contribution is 2.29. The van der Waals surface area contributed by atoms with Gasteiger partial charge in [-0.25, -0.2) is 4.79 Å². The molecule has 0 saturated heterocycles. The molecule has 0 aliphatic carbocycles. The van der Waals surface area contributed by atoms with Gasteiger partial charge in [-0.05, 0) is 31.2 Å². The number of rotatable bonds is 4. The van der Waals surface area contributed by atoms with Crippen LogP contribution in [-0.4, -0.2) is 18.0 Å². The Morgan fingerprint density at radius 1 is 1.12 bits per heavy atom.